The lowest BCUT2D eigenvalue weighted by atomic mass is 9.82. The van der Waals surface area contributed by atoms with E-state index in [0.717, 1.165) is 11.3 Å². The monoisotopic (exact) mass is 310 g/mol. The number of thiazole rings is 1. The summed E-state index contributed by atoms with van der Waals surface area (Å²) in [6.07, 6.45) is 0. The van der Waals surface area contributed by atoms with Gasteiger partial charge >= 0.3 is 0 Å². The number of aryl methyl sites for hydroxylation is 1. The summed E-state index contributed by atoms with van der Waals surface area (Å²) >= 11 is 6.71. The maximum Gasteiger partial charge on any atom is 0.251 e. The first-order chi connectivity index (χ1) is 8.04. The van der Waals surface area contributed by atoms with Gasteiger partial charge in [-0.15, -0.1) is 0 Å². The molecule has 0 radical (unpaired) electrons. The van der Waals surface area contributed by atoms with Crippen LogP contribution in [0.25, 0.3) is 0 Å². The van der Waals surface area contributed by atoms with Crippen LogP contribution in [0.4, 0.5) is 0 Å². The fourth-order valence-corrected chi connectivity index (χ4v) is 4.12. The molecule has 0 spiro atoms. The minimum absolute atomic E-state index is 0.0584. The maximum absolute atomic E-state index is 12.1. The Hall–Kier alpha value is -0.170. The molecule has 0 fully saturated rings. The summed E-state index contributed by atoms with van der Waals surface area (Å²) in [6, 6.07) is 0. The number of halogens is 1. The van der Waals surface area contributed by atoms with E-state index in [2.05, 4.69) is 30.5 Å². The van der Waals surface area contributed by atoms with E-state index in [4.69, 9.17) is 11.6 Å². The quantitative estimate of drug-likeness (QED) is 0.929. The van der Waals surface area contributed by atoms with E-state index in [1.807, 2.05) is 6.92 Å². The van der Waals surface area contributed by atoms with Crippen LogP contribution >= 0.6 is 22.9 Å². The van der Waals surface area contributed by atoms with Crippen LogP contribution in [0.2, 0.25) is 4.47 Å². The molecule has 4 nitrogen and oxygen atoms in total. The van der Waals surface area contributed by atoms with Gasteiger partial charge in [-0.05, 0) is 18.3 Å². The molecular weight excluding hydrogens is 292 g/mol. The Balaban J connectivity index is 2.81. The van der Waals surface area contributed by atoms with E-state index >= 15 is 0 Å². The minimum Gasteiger partial charge on any atom is -0.229 e. The molecule has 7 heteroatoms. The molecule has 104 valence electrons. The zero-order chi connectivity index (χ0) is 14.1. The van der Waals surface area contributed by atoms with Gasteiger partial charge in [-0.25, -0.2) is 18.1 Å². The third-order valence-corrected chi connectivity index (χ3v) is 6.32. The standard InChI is InChI=1S/C11H19ClN2O2S2/c1-7(11(3,4)5)6-13-18(15,16)9-8(2)14-10(12)17-9/h7,13H,6H2,1-5H3. The van der Waals surface area contributed by atoms with Crippen molar-refractivity contribution in [2.75, 3.05) is 6.54 Å². The average molecular weight is 311 g/mol. The molecule has 1 rings (SSSR count). The van der Waals surface area contributed by atoms with Crippen molar-refractivity contribution in [3.05, 3.63) is 10.2 Å². The van der Waals surface area contributed by atoms with Crippen LogP contribution in [-0.2, 0) is 10.0 Å². The summed E-state index contributed by atoms with van der Waals surface area (Å²) in [7, 11) is -3.50. The topological polar surface area (TPSA) is 59.1 Å². The van der Waals surface area contributed by atoms with Crippen molar-refractivity contribution in [3.63, 3.8) is 0 Å². The Kier molecular flexibility index (Phi) is 4.81. The SMILES string of the molecule is Cc1nc(Cl)sc1S(=O)(=O)NCC(C)C(C)(C)C. The minimum atomic E-state index is -3.50. The molecule has 1 unspecified atom stereocenters. The molecule has 1 N–H and O–H groups in total. The van der Waals surface area contributed by atoms with Crippen LogP contribution in [0.1, 0.15) is 33.4 Å². The molecule has 0 aliphatic heterocycles. The van der Waals surface area contributed by atoms with E-state index in [1.165, 1.54) is 0 Å². The van der Waals surface area contributed by atoms with Crippen molar-refractivity contribution < 1.29 is 8.42 Å². The largest absolute Gasteiger partial charge is 0.251 e. The first-order valence-electron chi connectivity index (χ1n) is 5.66. The molecular formula is C11H19ClN2O2S2. The van der Waals surface area contributed by atoms with Crippen LogP contribution in [0.5, 0.6) is 0 Å². The highest BCUT2D eigenvalue weighted by molar-refractivity contribution is 7.91. The van der Waals surface area contributed by atoms with Crippen molar-refractivity contribution in [2.45, 2.75) is 38.8 Å². The smallest absolute Gasteiger partial charge is 0.229 e. The predicted octanol–water partition coefficient (Wildman–Crippen LogP) is 3.07. The lowest BCUT2D eigenvalue weighted by molar-refractivity contribution is 0.263. The van der Waals surface area contributed by atoms with Crippen LogP contribution in [-0.4, -0.2) is 19.9 Å². The summed E-state index contributed by atoms with van der Waals surface area (Å²) in [6.45, 7) is 10.3. The molecule has 18 heavy (non-hydrogen) atoms. The number of nitrogens with zero attached hydrogens (tertiary/aromatic N) is 1. The molecule has 1 aromatic heterocycles. The van der Waals surface area contributed by atoms with Gasteiger partial charge in [-0.1, -0.05) is 50.6 Å². The van der Waals surface area contributed by atoms with E-state index in [1.54, 1.807) is 6.92 Å². The molecule has 0 amide bonds. The predicted molar refractivity (Wildman–Crippen MR) is 75.7 cm³/mol. The third-order valence-electron chi connectivity index (χ3n) is 3.03. The lowest BCUT2D eigenvalue weighted by Gasteiger charge is -2.27. The Morgan fingerprint density at radius 2 is 2.00 bits per heavy atom. The van der Waals surface area contributed by atoms with Crippen molar-refractivity contribution >= 4 is 33.0 Å². The number of sulfonamides is 1. The third kappa shape index (κ3) is 3.91. The Morgan fingerprint density at radius 1 is 1.44 bits per heavy atom. The Labute approximate surface area is 118 Å². The van der Waals surface area contributed by atoms with Gasteiger partial charge < -0.3 is 0 Å². The number of nitrogens with one attached hydrogen (secondary N) is 1. The zero-order valence-corrected chi connectivity index (χ0v) is 13.6. The second kappa shape index (κ2) is 5.45. The van der Waals surface area contributed by atoms with Gasteiger partial charge in [0, 0.05) is 6.54 Å². The molecule has 0 aliphatic carbocycles. The summed E-state index contributed by atoms with van der Waals surface area (Å²) in [5.74, 6) is 0.232. The first-order valence-corrected chi connectivity index (χ1v) is 8.34. The maximum atomic E-state index is 12.1. The second-order valence-corrected chi connectivity index (χ2v) is 9.00. The molecule has 0 saturated carbocycles. The highest BCUT2D eigenvalue weighted by atomic mass is 35.5. The van der Waals surface area contributed by atoms with Crippen LogP contribution < -0.4 is 4.72 Å². The molecule has 0 aromatic carbocycles. The molecule has 0 saturated heterocycles. The molecule has 1 aromatic rings. The van der Waals surface area contributed by atoms with Crippen LogP contribution in [0.3, 0.4) is 0 Å². The van der Waals surface area contributed by atoms with Gasteiger partial charge in [-0.3, -0.25) is 0 Å². The zero-order valence-electron chi connectivity index (χ0n) is 11.2. The fourth-order valence-electron chi connectivity index (χ4n) is 1.21. The number of hydrogen-bond acceptors (Lipinski definition) is 4. The van der Waals surface area contributed by atoms with Gasteiger partial charge in [0.2, 0.25) is 0 Å². The van der Waals surface area contributed by atoms with Crippen molar-refractivity contribution in [1.29, 1.82) is 0 Å². The van der Waals surface area contributed by atoms with Crippen molar-refractivity contribution in [3.8, 4) is 0 Å². The number of rotatable bonds is 4. The van der Waals surface area contributed by atoms with Gasteiger partial charge in [0.05, 0.1) is 5.69 Å². The molecule has 0 bridgehead atoms. The van der Waals surface area contributed by atoms with Crippen molar-refractivity contribution in [1.82, 2.24) is 9.71 Å². The lowest BCUT2D eigenvalue weighted by Crippen LogP contribution is -2.33. The first kappa shape index (κ1) is 15.9. The van der Waals surface area contributed by atoms with E-state index < -0.39 is 10.0 Å². The summed E-state index contributed by atoms with van der Waals surface area (Å²) in [4.78, 5) is 3.92. The normalized spacial score (nSPS) is 14.8. The highest BCUT2D eigenvalue weighted by Gasteiger charge is 2.25. The average Bonchev–Trinajstić information content (AvgIpc) is 2.53. The van der Waals surface area contributed by atoms with E-state index in [9.17, 15) is 8.42 Å². The Morgan fingerprint density at radius 3 is 2.39 bits per heavy atom. The van der Waals surface area contributed by atoms with Crippen LogP contribution in [0, 0.1) is 18.3 Å². The van der Waals surface area contributed by atoms with E-state index in [-0.39, 0.29) is 20.0 Å². The molecule has 1 atom stereocenters. The van der Waals surface area contributed by atoms with Crippen molar-refractivity contribution in [2.24, 2.45) is 11.3 Å². The van der Waals surface area contributed by atoms with Gasteiger partial charge in [0.1, 0.15) is 0 Å². The fraction of sp³-hybridized carbons (Fsp3) is 0.727. The summed E-state index contributed by atoms with van der Waals surface area (Å²) < 4.78 is 27.3. The van der Waals surface area contributed by atoms with Gasteiger partial charge in [-0.2, -0.15) is 0 Å². The number of aromatic nitrogens is 1. The van der Waals surface area contributed by atoms with Gasteiger partial charge in [0.15, 0.2) is 8.68 Å². The molecule has 1 heterocycles. The number of hydrogen-bond donors (Lipinski definition) is 1. The summed E-state index contributed by atoms with van der Waals surface area (Å²) in [5.41, 5.74) is 0.504. The van der Waals surface area contributed by atoms with Gasteiger partial charge in [0.25, 0.3) is 10.0 Å². The second-order valence-electron chi connectivity index (χ2n) is 5.46. The highest BCUT2D eigenvalue weighted by Crippen LogP contribution is 2.28. The molecule has 0 aliphatic rings. The van der Waals surface area contributed by atoms with E-state index in [0.29, 0.717) is 12.2 Å². The van der Waals surface area contributed by atoms with Crippen LogP contribution in [0.15, 0.2) is 4.21 Å². The summed E-state index contributed by atoms with van der Waals surface area (Å²) in [5, 5.41) is 0. The Bertz CT molecular complexity index is 518.